The number of methoxy groups -OCH3 is 1. The maximum absolute atomic E-state index is 5.23. The molecular weight excluding hydrogens is 250 g/mol. The summed E-state index contributed by atoms with van der Waals surface area (Å²) < 4.78 is 5.23. The van der Waals surface area contributed by atoms with Crippen molar-refractivity contribution >= 4 is 0 Å². The van der Waals surface area contributed by atoms with E-state index >= 15 is 0 Å². The minimum Gasteiger partial charge on any atom is -0.497 e. The third-order valence-corrected chi connectivity index (χ3v) is 2.96. The lowest BCUT2D eigenvalue weighted by molar-refractivity contribution is 0.415. The van der Waals surface area contributed by atoms with Crippen LogP contribution in [-0.2, 0) is 0 Å². The molecule has 4 nitrogen and oxygen atoms in total. The minimum atomic E-state index is 0.679. The molecule has 1 aromatic carbocycles. The van der Waals surface area contributed by atoms with Gasteiger partial charge >= 0.3 is 0 Å². The van der Waals surface area contributed by atoms with Crippen molar-refractivity contribution in [3.63, 3.8) is 0 Å². The van der Waals surface area contributed by atoms with Gasteiger partial charge in [0, 0.05) is 29.7 Å². The van der Waals surface area contributed by atoms with Gasteiger partial charge in [-0.3, -0.25) is 4.98 Å². The van der Waals surface area contributed by atoms with E-state index in [0.29, 0.717) is 5.82 Å². The summed E-state index contributed by atoms with van der Waals surface area (Å²) >= 11 is 0. The molecule has 0 saturated carbocycles. The highest BCUT2D eigenvalue weighted by Crippen LogP contribution is 2.23. The van der Waals surface area contributed by atoms with Gasteiger partial charge in [0.1, 0.15) is 5.75 Å². The fourth-order valence-corrected chi connectivity index (χ4v) is 1.94. The summed E-state index contributed by atoms with van der Waals surface area (Å²) in [5, 5.41) is 0. The van der Waals surface area contributed by atoms with Gasteiger partial charge in [0.25, 0.3) is 0 Å². The molecule has 0 aliphatic carbocycles. The Hall–Kier alpha value is -2.75. The van der Waals surface area contributed by atoms with Crippen LogP contribution in [-0.4, -0.2) is 22.1 Å². The summed E-state index contributed by atoms with van der Waals surface area (Å²) in [6.07, 6.45) is 5.27. The minimum absolute atomic E-state index is 0.679. The summed E-state index contributed by atoms with van der Waals surface area (Å²) in [6.45, 7) is 0. The number of hydrogen-bond donors (Lipinski definition) is 0. The molecule has 20 heavy (non-hydrogen) atoms. The Morgan fingerprint density at radius 2 is 1.75 bits per heavy atom. The lowest BCUT2D eigenvalue weighted by atomic mass is 10.1. The Morgan fingerprint density at radius 1 is 0.900 bits per heavy atom. The van der Waals surface area contributed by atoms with Gasteiger partial charge < -0.3 is 4.74 Å². The highest BCUT2D eigenvalue weighted by atomic mass is 16.5. The second-order valence-corrected chi connectivity index (χ2v) is 4.23. The van der Waals surface area contributed by atoms with Gasteiger partial charge in [-0.05, 0) is 30.3 Å². The topological polar surface area (TPSA) is 47.9 Å². The second-order valence-electron chi connectivity index (χ2n) is 4.23. The molecule has 0 saturated heterocycles. The van der Waals surface area contributed by atoms with Crippen molar-refractivity contribution in [2.45, 2.75) is 0 Å². The molecule has 0 aliphatic heterocycles. The molecule has 98 valence electrons. The maximum atomic E-state index is 5.23. The molecule has 0 unspecified atom stereocenters. The average molecular weight is 263 g/mol. The highest BCUT2D eigenvalue weighted by Gasteiger charge is 2.05. The molecule has 0 amide bonds. The molecule has 4 heteroatoms. The van der Waals surface area contributed by atoms with Crippen LogP contribution in [0, 0.1) is 0 Å². The van der Waals surface area contributed by atoms with Gasteiger partial charge in [-0.25, -0.2) is 9.97 Å². The van der Waals surface area contributed by atoms with Crippen LogP contribution in [0.25, 0.3) is 22.6 Å². The second kappa shape index (κ2) is 5.48. The van der Waals surface area contributed by atoms with Crippen LogP contribution in [0.15, 0.2) is 61.1 Å². The Labute approximate surface area is 117 Å². The Bertz CT molecular complexity index is 714. The molecule has 0 bridgehead atoms. The van der Waals surface area contributed by atoms with Gasteiger partial charge in [-0.2, -0.15) is 0 Å². The summed E-state index contributed by atoms with van der Waals surface area (Å²) in [7, 11) is 1.65. The van der Waals surface area contributed by atoms with E-state index in [2.05, 4.69) is 15.0 Å². The molecule has 0 spiro atoms. The number of nitrogens with zero attached hydrogens (tertiary/aromatic N) is 3. The fourth-order valence-electron chi connectivity index (χ4n) is 1.94. The van der Waals surface area contributed by atoms with Crippen LogP contribution < -0.4 is 4.74 Å². The molecule has 2 heterocycles. The quantitative estimate of drug-likeness (QED) is 0.728. The van der Waals surface area contributed by atoms with Crippen molar-refractivity contribution in [1.82, 2.24) is 15.0 Å². The molecule has 2 aromatic heterocycles. The van der Waals surface area contributed by atoms with Crippen LogP contribution in [0.4, 0.5) is 0 Å². The van der Waals surface area contributed by atoms with E-state index in [1.807, 2.05) is 42.5 Å². The normalized spacial score (nSPS) is 10.2. The molecular formula is C16H13N3O. The number of aromatic nitrogens is 3. The molecule has 0 fully saturated rings. The van der Waals surface area contributed by atoms with Gasteiger partial charge in [0.05, 0.1) is 12.8 Å². The standard InChI is InChI=1S/C16H13N3O/c1-20-14-4-2-3-13(11-14)16-18-10-7-15(19-16)12-5-8-17-9-6-12/h2-11H,1H3. The largest absolute Gasteiger partial charge is 0.497 e. The van der Waals surface area contributed by atoms with Crippen LogP contribution in [0.3, 0.4) is 0 Å². The third-order valence-electron chi connectivity index (χ3n) is 2.96. The predicted molar refractivity (Wildman–Crippen MR) is 77.3 cm³/mol. The molecule has 0 aliphatic rings. The average Bonchev–Trinajstić information content (AvgIpc) is 2.56. The number of hydrogen-bond acceptors (Lipinski definition) is 4. The first-order valence-corrected chi connectivity index (χ1v) is 6.25. The molecule has 3 aromatic rings. The van der Waals surface area contributed by atoms with Crippen LogP contribution in [0.1, 0.15) is 0 Å². The van der Waals surface area contributed by atoms with Crippen LogP contribution in [0.2, 0.25) is 0 Å². The summed E-state index contributed by atoms with van der Waals surface area (Å²) in [6, 6.07) is 13.5. The lowest BCUT2D eigenvalue weighted by Gasteiger charge is -2.05. The Morgan fingerprint density at radius 3 is 2.55 bits per heavy atom. The first-order valence-electron chi connectivity index (χ1n) is 6.25. The number of rotatable bonds is 3. The van der Waals surface area contributed by atoms with E-state index in [0.717, 1.165) is 22.6 Å². The molecule has 0 radical (unpaired) electrons. The van der Waals surface area contributed by atoms with E-state index in [1.165, 1.54) is 0 Å². The maximum Gasteiger partial charge on any atom is 0.159 e. The number of benzene rings is 1. The van der Waals surface area contributed by atoms with E-state index in [4.69, 9.17) is 4.74 Å². The van der Waals surface area contributed by atoms with Crippen LogP contribution >= 0.6 is 0 Å². The zero-order chi connectivity index (χ0) is 13.8. The van der Waals surface area contributed by atoms with Crippen molar-refractivity contribution in [1.29, 1.82) is 0 Å². The van der Waals surface area contributed by atoms with Crippen molar-refractivity contribution in [2.24, 2.45) is 0 Å². The number of pyridine rings is 1. The predicted octanol–water partition coefficient (Wildman–Crippen LogP) is 3.21. The summed E-state index contributed by atoms with van der Waals surface area (Å²) in [5.74, 6) is 1.47. The first kappa shape index (κ1) is 12.3. The zero-order valence-corrected chi connectivity index (χ0v) is 11.0. The van der Waals surface area contributed by atoms with E-state index < -0.39 is 0 Å². The monoisotopic (exact) mass is 263 g/mol. The Kier molecular flexibility index (Phi) is 3.37. The first-order chi connectivity index (χ1) is 9.86. The SMILES string of the molecule is COc1cccc(-c2nccc(-c3ccncc3)n2)c1. The van der Waals surface area contributed by atoms with Gasteiger partial charge in [-0.1, -0.05) is 12.1 Å². The van der Waals surface area contributed by atoms with Crippen molar-refractivity contribution < 1.29 is 4.74 Å². The lowest BCUT2D eigenvalue weighted by Crippen LogP contribution is -1.92. The van der Waals surface area contributed by atoms with Gasteiger partial charge in [-0.15, -0.1) is 0 Å². The van der Waals surface area contributed by atoms with E-state index in [-0.39, 0.29) is 0 Å². The molecule has 0 N–H and O–H groups in total. The zero-order valence-electron chi connectivity index (χ0n) is 11.0. The van der Waals surface area contributed by atoms with Gasteiger partial charge in [0.15, 0.2) is 5.82 Å². The van der Waals surface area contributed by atoms with E-state index in [9.17, 15) is 0 Å². The molecule has 0 atom stereocenters. The summed E-state index contributed by atoms with van der Waals surface area (Å²) in [4.78, 5) is 12.9. The molecule has 3 rings (SSSR count). The van der Waals surface area contributed by atoms with Crippen molar-refractivity contribution in [3.05, 3.63) is 61.1 Å². The smallest absolute Gasteiger partial charge is 0.159 e. The Balaban J connectivity index is 2.03. The highest BCUT2D eigenvalue weighted by molar-refractivity contribution is 5.63. The third kappa shape index (κ3) is 2.49. The van der Waals surface area contributed by atoms with E-state index in [1.54, 1.807) is 25.7 Å². The van der Waals surface area contributed by atoms with Gasteiger partial charge in [0.2, 0.25) is 0 Å². The number of ether oxygens (including phenoxy) is 1. The van der Waals surface area contributed by atoms with Crippen molar-refractivity contribution in [2.75, 3.05) is 7.11 Å². The van der Waals surface area contributed by atoms with Crippen molar-refractivity contribution in [3.8, 4) is 28.4 Å². The fraction of sp³-hybridized carbons (Fsp3) is 0.0625. The van der Waals surface area contributed by atoms with Crippen LogP contribution in [0.5, 0.6) is 5.75 Å². The summed E-state index contributed by atoms with van der Waals surface area (Å²) in [5.41, 5.74) is 2.83.